The number of ketones is 1. The Labute approximate surface area is 147 Å². The van der Waals surface area contributed by atoms with Crippen LogP contribution in [0.5, 0.6) is 0 Å². The first kappa shape index (κ1) is 17.0. The van der Waals surface area contributed by atoms with E-state index in [0.29, 0.717) is 12.8 Å². The highest BCUT2D eigenvalue weighted by Gasteiger charge is 2.83. The van der Waals surface area contributed by atoms with E-state index in [1.54, 1.807) is 12.2 Å². The lowest BCUT2D eigenvalue weighted by atomic mass is 9.42. The number of Topliss-reactive ketones (excluding diaryl/α,β-unsaturated/α-hetero) is 1. The lowest BCUT2D eigenvalue weighted by molar-refractivity contribution is -0.235. The Balaban J connectivity index is 2.03. The maximum atomic E-state index is 13.2. The predicted molar refractivity (Wildman–Crippen MR) is 90.2 cm³/mol. The molecule has 2 N–H and O–H groups in total. The van der Waals surface area contributed by atoms with Crippen LogP contribution >= 0.6 is 0 Å². The first-order chi connectivity index (χ1) is 11.5. The number of esters is 1. The molecular formula is C20H26O5. The van der Waals surface area contributed by atoms with Crippen LogP contribution in [0.3, 0.4) is 0 Å². The van der Waals surface area contributed by atoms with Gasteiger partial charge < -0.3 is 14.9 Å². The molecule has 5 nitrogen and oxygen atoms in total. The molecule has 5 heteroatoms. The predicted octanol–water partition coefficient (Wildman–Crippen LogP) is 2.27. The van der Waals surface area contributed by atoms with Crippen LogP contribution in [0.1, 0.15) is 52.9 Å². The minimum Gasteiger partial charge on any atom is -0.424 e. The zero-order valence-electron chi connectivity index (χ0n) is 15.1. The van der Waals surface area contributed by atoms with E-state index in [9.17, 15) is 19.8 Å². The van der Waals surface area contributed by atoms with Crippen LogP contribution in [0.2, 0.25) is 0 Å². The van der Waals surface area contributed by atoms with E-state index in [4.69, 9.17) is 4.74 Å². The van der Waals surface area contributed by atoms with E-state index >= 15 is 0 Å². The highest BCUT2D eigenvalue weighted by Crippen LogP contribution is 2.71. The number of hydrogen-bond donors (Lipinski definition) is 2. The van der Waals surface area contributed by atoms with Gasteiger partial charge in [0.05, 0.1) is 5.92 Å². The molecule has 0 aromatic heterocycles. The summed E-state index contributed by atoms with van der Waals surface area (Å²) in [4.78, 5) is 26.2. The van der Waals surface area contributed by atoms with Crippen molar-refractivity contribution in [2.24, 2.45) is 22.2 Å². The van der Waals surface area contributed by atoms with Crippen LogP contribution in [0.25, 0.3) is 0 Å². The number of hydrogen-bond acceptors (Lipinski definition) is 5. The number of aliphatic hydroxyl groups is 2. The van der Waals surface area contributed by atoms with Gasteiger partial charge in [-0.25, -0.2) is 0 Å². The molecule has 2 bridgehead atoms. The Morgan fingerprint density at radius 2 is 1.84 bits per heavy atom. The summed E-state index contributed by atoms with van der Waals surface area (Å²) in [5.74, 6) is -4.21. The lowest BCUT2D eigenvalue weighted by Crippen LogP contribution is -2.70. The third-order valence-electron chi connectivity index (χ3n) is 7.39. The summed E-state index contributed by atoms with van der Waals surface area (Å²) in [6.07, 6.45) is 6.25. The molecule has 136 valence electrons. The first-order valence-electron chi connectivity index (χ1n) is 9.07. The standard InChI is InChI=1S/C20H26O5/c1-5-17(4)9-10-19(23)12(11-17)13(21)20(24)14-16(2,3)7-6-8-18(14,19)15(22)25-20/h5,11,14,23-24H,1,6-10H2,2-4H3/t14-,17-,18-,19+,20+/m0/s1. The van der Waals surface area contributed by atoms with Crippen molar-refractivity contribution in [3.05, 3.63) is 24.3 Å². The van der Waals surface area contributed by atoms with Crippen LogP contribution in [0.4, 0.5) is 0 Å². The molecule has 0 spiro atoms. The van der Waals surface area contributed by atoms with Crippen LogP contribution < -0.4 is 0 Å². The van der Waals surface area contributed by atoms with Crippen molar-refractivity contribution >= 4 is 11.8 Å². The Bertz CT molecular complexity index is 736. The molecule has 1 aliphatic heterocycles. The van der Waals surface area contributed by atoms with Gasteiger partial charge in [-0.15, -0.1) is 6.58 Å². The molecule has 0 radical (unpaired) electrons. The van der Waals surface area contributed by atoms with Crippen molar-refractivity contribution in [2.75, 3.05) is 0 Å². The highest BCUT2D eigenvalue weighted by molar-refractivity contribution is 6.10. The molecule has 1 saturated heterocycles. The van der Waals surface area contributed by atoms with Crippen molar-refractivity contribution in [3.63, 3.8) is 0 Å². The largest absolute Gasteiger partial charge is 0.424 e. The van der Waals surface area contributed by atoms with Gasteiger partial charge >= 0.3 is 5.97 Å². The maximum Gasteiger partial charge on any atom is 0.318 e. The van der Waals surface area contributed by atoms with E-state index in [-0.39, 0.29) is 12.0 Å². The summed E-state index contributed by atoms with van der Waals surface area (Å²) < 4.78 is 5.36. The summed E-state index contributed by atoms with van der Waals surface area (Å²) >= 11 is 0. The van der Waals surface area contributed by atoms with Gasteiger partial charge in [0.15, 0.2) is 0 Å². The number of carbonyl (C=O) groups excluding carboxylic acids is 2. The minimum atomic E-state index is -2.18. The minimum absolute atomic E-state index is 0.128. The molecule has 1 heterocycles. The van der Waals surface area contributed by atoms with Crippen molar-refractivity contribution in [2.45, 2.75) is 64.3 Å². The molecule has 4 rings (SSSR count). The monoisotopic (exact) mass is 346 g/mol. The van der Waals surface area contributed by atoms with E-state index in [1.165, 1.54) is 0 Å². The summed E-state index contributed by atoms with van der Waals surface area (Å²) in [5.41, 5.74) is -3.66. The van der Waals surface area contributed by atoms with Crippen LogP contribution in [0.15, 0.2) is 24.3 Å². The van der Waals surface area contributed by atoms with Gasteiger partial charge in [0, 0.05) is 11.0 Å². The molecule has 0 unspecified atom stereocenters. The molecule has 5 atom stereocenters. The Morgan fingerprint density at radius 3 is 2.48 bits per heavy atom. The first-order valence-corrected chi connectivity index (χ1v) is 9.07. The Kier molecular flexibility index (Phi) is 3.01. The van der Waals surface area contributed by atoms with E-state index in [1.807, 2.05) is 20.8 Å². The summed E-state index contributed by atoms with van der Waals surface area (Å²) in [7, 11) is 0. The van der Waals surface area contributed by atoms with Crippen LogP contribution in [-0.4, -0.2) is 33.4 Å². The number of rotatable bonds is 1. The van der Waals surface area contributed by atoms with Gasteiger partial charge in [0.1, 0.15) is 11.0 Å². The van der Waals surface area contributed by atoms with Crippen LogP contribution in [0, 0.1) is 22.2 Å². The second kappa shape index (κ2) is 4.44. The van der Waals surface area contributed by atoms with Crippen molar-refractivity contribution in [1.82, 2.24) is 0 Å². The van der Waals surface area contributed by atoms with E-state index in [2.05, 4.69) is 6.58 Å². The van der Waals surface area contributed by atoms with Crippen molar-refractivity contribution in [3.8, 4) is 0 Å². The molecule has 0 amide bonds. The zero-order valence-corrected chi connectivity index (χ0v) is 15.1. The molecular weight excluding hydrogens is 320 g/mol. The average Bonchev–Trinajstić information content (AvgIpc) is 2.77. The fourth-order valence-corrected chi connectivity index (χ4v) is 6.12. The Morgan fingerprint density at radius 1 is 1.16 bits per heavy atom. The second-order valence-electron chi connectivity index (χ2n) is 9.29. The lowest BCUT2D eigenvalue weighted by Gasteiger charge is -2.59. The number of carbonyl (C=O) groups is 2. The number of ether oxygens (including phenoxy) is 1. The third kappa shape index (κ3) is 1.67. The second-order valence-corrected chi connectivity index (χ2v) is 9.29. The molecule has 3 fully saturated rings. The number of allylic oxidation sites excluding steroid dienone is 2. The fourth-order valence-electron chi connectivity index (χ4n) is 6.12. The van der Waals surface area contributed by atoms with E-state index < -0.39 is 45.3 Å². The highest BCUT2D eigenvalue weighted by atomic mass is 16.7. The van der Waals surface area contributed by atoms with Gasteiger partial charge in [-0.2, -0.15) is 0 Å². The summed E-state index contributed by atoms with van der Waals surface area (Å²) in [5, 5.41) is 23.0. The van der Waals surface area contributed by atoms with Gasteiger partial charge in [-0.05, 0) is 31.1 Å². The molecule has 2 saturated carbocycles. The summed E-state index contributed by atoms with van der Waals surface area (Å²) in [6, 6.07) is 0. The van der Waals surface area contributed by atoms with Crippen LogP contribution in [-0.2, 0) is 14.3 Å². The zero-order chi connectivity index (χ0) is 18.5. The third-order valence-corrected chi connectivity index (χ3v) is 7.39. The molecule has 0 aromatic rings. The van der Waals surface area contributed by atoms with E-state index in [0.717, 1.165) is 12.8 Å². The SMILES string of the molecule is C=C[C@]1(C)C=C2C(=O)[C@@]3(O)OC(=O)[C@@]4(CCCC(C)(C)[C@H]34)[C@@]2(O)CC1. The van der Waals surface area contributed by atoms with Gasteiger partial charge in [0.25, 0.3) is 5.79 Å². The smallest absolute Gasteiger partial charge is 0.318 e. The topological polar surface area (TPSA) is 83.8 Å². The molecule has 0 aromatic carbocycles. The molecule has 25 heavy (non-hydrogen) atoms. The normalized spacial score (nSPS) is 50.4. The average molecular weight is 346 g/mol. The van der Waals surface area contributed by atoms with Gasteiger partial charge in [0.2, 0.25) is 5.78 Å². The van der Waals surface area contributed by atoms with Crippen molar-refractivity contribution in [1.29, 1.82) is 0 Å². The van der Waals surface area contributed by atoms with Gasteiger partial charge in [-0.3, -0.25) is 9.59 Å². The maximum absolute atomic E-state index is 13.2. The quantitative estimate of drug-likeness (QED) is 0.562. The molecule has 4 aliphatic rings. The number of fused-ring (bicyclic) bond motifs is 1. The fraction of sp³-hybridized carbons (Fsp3) is 0.700. The summed E-state index contributed by atoms with van der Waals surface area (Å²) in [6.45, 7) is 9.66. The van der Waals surface area contributed by atoms with Gasteiger partial charge in [-0.1, -0.05) is 39.3 Å². The Hall–Kier alpha value is -1.46. The van der Waals surface area contributed by atoms with Crippen molar-refractivity contribution < 1.29 is 24.5 Å². The molecule has 3 aliphatic carbocycles.